The van der Waals surface area contributed by atoms with Crippen LogP contribution in [0.2, 0.25) is 5.02 Å². The molecule has 3 fully saturated rings. The zero-order valence-corrected chi connectivity index (χ0v) is 23.9. The lowest BCUT2D eigenvalue weighted by Crippen LogP contribution is -2.57. The van der Waals surface area contributed by atoms with Crippen LogP contribution in [0.3, 0.4) is 0 Å². The van der Waals surface area contributed by atoms with Crippen LogP contribution in [-0.4, -0.2) is 46.4 Å². The van der Waals surface area contributed by atoms with Gasteiger partial charge >= 0.3 is 0 Å². The van der Waals surface area contributed by atoms with Gasteiger partial charge in [-0.1, -0.05) is 74.7 Å². The number of anilines is 1. The third-order valence-electron chi connectivity index (χ3n) is 9.51. The van der Waals surface area contributed by atoms with E-state index in [1.807, 2.05) is 55.5 Å². The summed E-state index contributed by atoms with van der Waals surface area (Å²) in [5.41, 5.74) is 1.35. The number of hydrogen-bond donors (Lipinski definition) is 2. The molecule has 0 unspecified atom stereocenters. The van der Waals surface area contributed by atoms with Crippen LogP contribution in [0.25, 0.3) is 0 Å². The molecule has 8 atom stereocenters. The van der Waals surface area contributed by atoms with E-state index in [4.69, 9.17) is 16.3 Å². The normalized spacial score (nSPS) is 34.1. The van der Waals surface area contributed by atoms with Crippen LogP contribution < -0.4 is 10.6 Å². The van der Waals surface area contributed by atoms with Crippen molar-refractivity contribution in [1.82, 2.24) is 10.2 Å². The fourth-order valence-electron chi connectivity index (χ4n) is 7.22. The third kappa shape index (κ3) is 4.53. The Balaban J connectivity index is 1.33. The van der Waals surface area contributed by atoms with E-state index < -0.39 is 29.6 Å². The number of halogens is 1. The lowest BCUT2D eigenvalue weighted by molar-refractivity contribution is -0.142. The van der Waals surface area contributed by atoms with Gasteiger partial charge < -0.3 is 20.3 Å². The lowest BCUT2D eigenvalue weighted by Gasteiger charge is -2.38. The highest BCUT2D eigenvalue weighted by atomic mass is 35.5. The van der Waals surface area contributed by atoms with Crippen molar-refractivity contribution in [3.63, 3.8) is 0 Å². The monoisotopic (exact) mass is 561 g/mol. The number of ether oxygens (including phenoxy) is 1. The minimum atomic E-state index is -1.20. The summed E-state index contributed by atoms with van der Waals surface area (Å²) in [6.07, 6.45) is 6.25. The number of fused-ring (bicyclic) bond motifs is 1. The van der Waals surface area contributed by atoms with E-state index in [-0.39, 0.29) is 30.3 Å². The Morgan fingerprint density at radius 3 is 2.62 bits per heavy atom. The number of benzene rings is 2. The molecule has 0 aromatic heterocycles. The van der Waals surface area contributed by atoms with Crippen LogP contribution in [-0.2, 0) is 25.7 Å². The second-order valence-corrected chi connectivity index (χ2v) is 12.5. The standard InChI is InChI=1S/C32H36ClN3O4/c1-18-6-4-8-23(16-18)34-29(37)26-25-14-15-32(40-25)27(26)31(39)36(17-21-10-12-22(33)13-11-21)28(32)30(38)35-24-9-5-7-19(2)20(24)3/h4,6,8,10-16,19-20,24-28H,5,7,9,17H2,1-3H3,(H,34,37)(H,35,38)/t19-,20-,24-,25+,26-,27+,28+,32+/m1/s1. The van der Waals surface area contributed by atoms with Crippen molar-refractivity contribution in [2.75, 3.05) is 5.32 Å². The number of nitrogens with zero attached hydrogens (tertiary/aromatic N) is 1. The highest BCUT2D eigenvalue weighted by Gasteiger charge is 2.72. The zero-order valence-electron chi connectivity index (χ0n) is 23.1. The van der Waals surface area contributed by atoms with Crippen LogP contribution >= 0.6 is 11.6 Å². The predicted molar refractivity (Wildman–Crippen MR) is 153 cm³/mol. The summed E-state index contributed by atoms with van der Waals surface area (Å²) in [5.74, 6) is -1.43. The van der Waals surface area contributed by atoms with Crippen LogP contribution in [0.1, 0.15) is 44.2 Å². The maximum atomic E-state index is 14.2. The number of rotatable bonds is 6. The Kier molecular flexibility index (Phi) is 6.99. The molecular formula is C32H36ClN3O4. The summed E-state index contributed by atoms with van der Waals surface area (Å²) < 4.78 is 6.49. The van der Waals surface area contributed by atoms with Crippen LogP contribution in [0.5, 0.6) is 0 Å². The van der Waals surface area contributed by atoms with Gasteiger partial charge in [0.15, 0.2) is 0 Å². The molecular weight excluding hydrogens is 526 g/mol. The fourth-order valence-corrected chi connectivity index (χ4v) is 7.35. The van der Waals surface area contributed by atoms with E-state index in [0.29, 0.717) is 22.5 Å². The molecule has 2 N–H and O–H groups in total. The molecule has 2 aromatic carbocycles. The molecule has 2 bridgehead atoms. The molecule has 7 nitrogen and oxygen atoms in total. The number of hydrogen-bond acceptors (Lipinski definition) is 4. The van der Waals surface area contributed by atoms with Gasteiger partial charge in [-0.2, -0.15) is 0 Å². The Bertz CT molecular complexity index is 1360. The van der Waals surface area contributed by atoms with E-state index in [0.717, 1.165) is 30.4 Å². The Hall–Kier alpha value is -3.16. The second kappa shape index (κ2) is 10.3. The van der Waals surface area contributed by atoms with Crippen molar-refractivity contribution in [3.8, 4) is 0 Å². The molecule has 6 rings (SSSR count). The molecule has 210 valence electrons. The summed E-state index contributed by atoms with van der Waals surface area (Å²) in [4.78, 5) is 43.6. The molecule has 40 heavy (non-hydrogen) atoms. The van der Waals surface area contributed by atoms with Crippen LogP contribution in [0, 0.1) is 30.6 Å². The molecule has 3 amide bonds. The van der Waals surface area contributed by atoms with E-state index in [9.17, 15) is 14.4 Å². The molecule has 3 aliphatic heterocycles. The number of aryl methyl sites for hydroxylation is 1. The van der Waals surface area contributed by atoms with Gasteiger partial charge in [-0.15, -0.1) is 0 Å². The maximum absolute atomic E-state index is 14.2. The molecule has 1 spiro atoms. The number of amides is 3. The number of nitrogens with one attached hydrogen (secondary N) is 2. The Morgan fingerprint density at radius 2 is 1.88 bits per heavy atom. The van der Waals surface area contributed by atoms with E-state index in [1.54, 1.807) is 17.0 Å². The Labute approximate surface area is 240 Å². The summed E-state index contributed by atoms with van der Waals surface area (Å²) >= 11 is 6.11. The first-order chi connectivity index (χ1) is 19.2. The summed E-state index contributed by atoms with van der Waals surface area (Å²) in [7, 11) is 0. The van der Waals surface area contributed by atoms with Gasteiger partial charge in [-0.25, -0.2) is 0 Å². The molecule has 8 heteroatoms. The first-order valence-electron chi connectivity index (χ1n) is 14.3. The number of likely N-dealkylation sites (tertiary alicyclic amines) is 1. The van der Waals surface area contributed by atoms with Crippen molar-refractivity contribution in [1.29, 1.82) is 0 Å². The molecule has 4 aliphatic rings. The molecule has 3 heterocycles. The highest BCUT2D eigenvalue weighted by Crippen LogP contribution is 2.55. The van der Waals surface area contributed by atoms with Gasteiger partial charge in [0.2, 0.25) is 17.7 Å². The smallest absolute Gasteiger partial charge is 0.246 e. The van der Waals surface area contributed by atoms with Crippen molar-refractivity contribution >= 4 is 35.0 Å². The SMILES string of the molecule is Cc1cccc(NC(=O)[C@@H]2[C@@H]3C=C[C@]4(O3)[C@@H]2C(=O)N(Cc2ccc(Cl)cc2)[C@H]4C(=O)N[C@@H]2CCC[C@@H](C)[C@H]2C)c1. The molecule has 1 aliphatic carbocycles. The second-order valence-electron chi connectivity index (χ2n) is 12.0. The quantitative estimate of drug-likeness (QED) is 0.492. The number of carbonyl (C=O) groups excluding carboxylic acids is 3. The minimum absolute atomic E-state index is 0.0298. The molecule has 0 radical (unpaired) electrons. The van der Waals surface area contributed by atoms with E-state index in [2.05, 4.69) is 24.5 Å². The summed E-state index contributed by atoms with van der Waals surface area (Å²) in [6.45, 7) is 6.59. The van der Waals surface area contributed by atoms with Gasteiger partial charge in [-0.05, 0) is 60.6 Å². The van der Waals surface area contributed by atoms with Gasteiger partial charge in [0.25, 0.3) is 0 Å². The van der Waals surface area contributed by atoms with E-state index in [1.165, 1.54) is 0 Å². The predicted octanol–water partition coefficient (Wildman–Crippen LogP) is 4.88. The van der Waals surface area contributed by atoms with Crippen LogP contribution in [0.15, 0.2) is 60.7 Å². The van der Waals surface area contributed by atoms with Gasteiger partial charge in [0, 0.05) is 23.3 Å². The van der Waals surface area contributed by atoms with Crippen molar-refractivity contribution in [3.05, 3.63) is 76.8 Å². The molecule has 2 aromatic rings. The van der Waals surface area contributed by atoms with Gasteiger partial charge in [0.1, 0.15) is 11.6 Å². The first kappa shape index (κ1) is 27.0. The minimum Gasteiger partial charge on any atom is -0.359 e. The van der Waals surface area contributed by atoms with E-state index >= 15 is 0 Å². The van der Waals surface area contributed by atoms with Gasteiger partial charge in [-0.3, -0.25) is 14.4 Å². The largest absolute Gasteiger partial charge is 0.359 e. The average molecular weight is 562 g/mol. The maximum Gasteiger partial charge on any atom is 0.246 e. The average Bonchev–Trinajstić information content (AvgIpc) is 3.55. The fraction of sp³-hybridized carbons (Fsp3) is 0.469. The topological polar surface area (TPSA) is 87.7 Å². The van der Waals surface area contributed by atoms with Crippen molar-refractivity contribution in [2.45, 2.75) is 70.4 Å². The Morgan fingerprint density at radius 1 is 1.10 bits per heavy atom. The number of carbonyl (C=O) groups is 3. The van der Waals surface area contributed by atoms with Crippen molar-refractivity contribution in [2.24, 2.45) is 23.7 Å². The summed E-state index contributed by atoms with van der Waals surface area (Å²) in [6, 6.07) is 14.0. The highest BCUT2D eigenvalue weighted by molar-refractivity contribution is 6.30. The molecule has 1 saturated carbocycles. The molecule has 2 saturated heterocycles. The first-order valence-corrected chi connectivity index (χ1v) is 14.7. The van der Waals surface area contributed by atoms with Crippen LogP contribution in [0.4, 0.5) is 5.69 Å². The third-order valence-corrected chi connectivity index (χ3v) is 9.76. The summed E-state index contributed by atoms with van der Waals surface area (Å²) in [5, 5.41) is 6.89. The van der Waals surface area contributed by atoms with Gasteiger partial charge in [0.05, 0.1) is 17.9 Å². The zero-order chi connectivity index (χ0) is 28.2. The van der Waals surface area contributed by atoms with Crippen molar-refractivity contribution < 1.29 is 19.1 Å². The lowest BCUT2D eigenvalue weighted by atomic mass is 9.73.